The number of nitrogens with zero attached hydrogens (tertiary/aromatic N) is 1. The zero-order valence-electron chi connectivity index (χ0n) is 10.7. The second-order valence-electron chi connectivity index (χ2n) is 4.27. The minimum absolute atomic E-state index is 0.157. The number of aliphatic hydroxyl groups excluding tert-OH is 1. The molecule has 3 nitrogen and oxygen atoms in total. The maximum Gasteiger partial charge on any atom is 0.280 e. The molecule has 0 atom stereocenters. The number of hydrogen-bond acceptors (Lipinski definition) is 2. The van der Waals surface area contributed by atoms with Gasteiger partial charge < -0.3 is 9.84 Å². The van der Waals surface area contributed by atoms with Crippen molar-refractivity contribution in [3.63, 3.8) is 0 Å². The van der Waals surface area contributed by atoms with Crippen LogP contribution in [-0.2, 0) is 6.73 Å². The van der Waals surface area contributed by atoms with Crippen LogP contribution in [0.4, 0.5) is 0 Å². The topological polar surface area (TPSA) is 33.3 Å². The average molecular weight is 344 g/mol. The van der Waals surface area contributed by atoms with Gasteiger partial charge in [-0.15, -0.1) is 0 Å². The highest BCUT2D eigenvalue weighted by atomic mass is 79.9. The van der Waals surface area contributed by atoms with Crippen molar-refractivity contribution in [2.24, 2.45) is 0 Å². The van der Waals surface area contributed by atoms with E-state index in [1.165, 1.54) is 4.57 Å². The lowest BCUT2D eigenvalue weighted by molar-refractivity contribution is -0.727. The van der Waals surface area contributed by atoms with Crippen LogP contribution in [0.1, 0.15) is 11.1 Å². The van der Waals surface area contributed by atoms with Crippen molar-refractivity contribution in [3.05, 3.63) is 51.2 Å². The number of halogens is 2. The summed E-state index contributed by atoms with van der Waals surface area (Å²) in [4.78, 5) is 0. The molecule has 0 unspecified atom stereocenters. The van der Waals surface area contributed by atoms with E-state index >= 15 is 0 Å². The third-order valence-electron chi connectivity index (χ3n) is 2.75. The molecule has 1 N–H and O–H groups in total. The number of aliphatic hydroxyl groups is 1. The second-order valence-corrected chi connectivity index (χ2v) is 5.57. The molecule has 0 fully saturated rings. The Morgan fingerprint density at radius 2 is 1.89 bits per heavy atom. The predicted molar refractivity (Wildman–Crippen MR) is 77.6 cm³/mol. The maximum absolute atomic E-state index is 9.05. The van der Waals surface area contributed by atoms with Crippen LogP contribution >= 0.6 is 27.5 Å². The minimum atomic E-state index is -0.157. The van der Waals surface area contributed by atoms with Crippen molar-refractivity contribution < 1.29 is 14.4 Å². The summed E-state index contributed by atoms with van der Waals surface area (Å²) in [6.45, 7) is 3.83. The normalized spacial score (nSPS) is 10.6. The number of hydrogen-bond donors (Lipinski definition) is 1. The van der Waals surface area contributed by atoms with E-state index in [1.54, 1.807) is 18.3 Å². The molecule has 0 spiro atoms. The predicted octanol–water partition coefficient (Wildman–Crippen LogP) is 3.75. The zero-order chi connectivity index (χ0) is 14.0. The third-order valence-corrected chi connectivity index (χ3v) is 3.54. The van der Waals surface area contributed by atoms with Crippen molar-refractivity contribution >= 4 is 27.5 Å². The molecule has 100 valence electrons. The molecular weight excluding hydrogens is 330 g/mol. The quantitative estimate of drug-likeness (QED) is 0.680. The fourth-order valence-corrected chi connectivity index (χ4v) is 2.74. The van der Waals surface area contributed by atoms with Gasteiger partial charge in [0.1, 0.15) is 11.5 Å². The van der Waals surface area contributed by atoms with Gasteiger partial charge in [0, 0.05) is 10.5 Å². The standard InChI is InChI=1S/C14H14BrClNO2/c1-9-5-11(15)6-10(2)14(9)19-12-3-4-17(8-18)13(16)7-12/h3-7,18H,8H2,1-2H3/q+1. The van der Waals surface area contributed by atoms with E-state index in [9.17, 15) is 0 Å². The summed E-state index contributed by atoms with van der Waals surface area (Å²) in [5.41, 5.74) is 2.09. The van der Waals surface area contributed by atoms with E-state index in [1.807, 2.05) is 26.0 Å². The lowest BCUT2D eigenvalue weighted by Crippen LogP contribution is -2.34. The van der Waals surface area contributed by atoms with Gasteiger partial charge in [0.05, 0.1) is 6.07 Å². The summed E-state index contributed by atoms with van der Waals surface area (Å²) in [7, 11) is 0. The molecule has 1 aromatic heterocycles. The van der Waals surface area contributed by atoms with Crippen molar-refractivity contribution in [1.29, 1.82) is 0 Å². The number of aryl methyl sites for hydroxylation is 2. The molecule has 0 amide bonds. The molecule has 0 aliphatic carbocycles. The van der Waals surface area contributed by atoms with E-state index in [4.69, 9.17) is 21.4 Å². The molecule has 5 heteroatoms. The van der Waals surface area contributed by atoms with Crippen molar-refractivity contribution in [3.8, 4) is 11.5 Å². The van der Waals surface area contributed by atoms with Crippen LogP contribution in [-0.4, -0.2) is 5.11 Å². The van der Waals surface area contributed by atoms with Crippen LogP contribution in [0.25, 0.3) is 0 Å². The van der Waals surface area contributed by atoms with E-state index < -0.39 is 0 Å². The van der Waals surface area contributed by atoms with Gasteiger partial charge in [0.15, 0.2) is 6.20 Å². The van der Waals surface area contributed by atoms with Gasteiger partial charge in [-0.25, -0.2) is 0 Å². The van der Waals surface area contributed by atoms with Gasteiger partial charge in [-0.2, -0.15) is 4.57 Å². The first-order valence-corrected chi connectivity index (χ1v) is 6.93. The van der Waals surface area contributed by atoms with Gasteiger partial charge in [0.25, 0.3) is 11.9 Å². The first-order chi connectivity index (χ1) is 9.01. The number of rotatable bonds is 3. The van der Waals surface area contributed by atoms with E-state index in [-0.39, 0.29) is 6.73 Å². The van der Waals surface area contributed by atoms with Gasteiger partial charge in [-0.3, -0.25) is 0 Å². The largest absolute Gasteiger partial charge is 0.456 e. The first kappa shape index (κ1) is 14.3. The Balaban J connectivity index is 2.34. The Kier molecular flexibility index (Phi) is 4.45. The maximum atomic E-state index is 9.05. The lowest BCUT2D eigenvalue weighted by Gasteiger charge is -2.12. The molecule has 1 heterocycles. The van der Waals surface area contributed by atoms with Crippen LogP contribution in [0.3, 0.4) is 0 Å². The summed E-state index contributed by atoms with van der Waals surface area (Å²) < 4.78 is 8.41. The van der Waals surface area contributed by atoms with Crippen LogP contribution in [0.15, 0.2) is 34.9 Å². The van der Waals surface area contributed by atoms with Gasteiger partial charge in [0.2, 0.25) is 0 Å². The van der Waals surface area contributed by atoms with Crippen LogP contribution in [0.2, 0.25) is 5.15 Å². The molecule has 2 aromatic rings. The number of benzene rings is 1. The number of pyridine rings is 1. The molecule has 0 radical (unpaired) electrons. The summed E-state index contributed by atoms with van der Waals surface area (Å²) >= 11 is 9.47. The lowest BCUT2D eigenvalue weighted by atomic mass is 10.1. The summed E-state index contributed by atoms with van der Waals surface area (Å²) in [6, 6.07) is 7.45. The Morgan fingerprint density at radius 3 is 2.42 bits per heavy atom. The monoisotopic (exact) mass is 342 g/mol. The Morgan fingerprint density at radius 1 is 1.26 bits per heavy atom. The number of aromatic nitrogens is 1. The summed E-state index contributed by atoms with van der Waals surface area (Å²) in [6.07, 6.45) is 1.68. The zero-order valence-corrected chi connectivity index (χ0v) is 13.0. The highest BCUT2D eigenvalue weighted by molar-refractivity contribution is 9.10. The molecule has 2 rings (SSSR count). The highest BCUT2D eigenvalue weighted by Gasteiger charge is 2.11. The average Bonchev–Trinajstić information content (AvgIpc) is 2.34. The van der Waals surface area contributed by atoms with Crippen molar-refractivity contribution in [1.82, 2.24) is 0 Å². The number of ether oxygens (including phenoxy) is 1. The molecule has 0 saturated heterocycles. The van der Waals surface area contributed by atoms with Crippen molar-refractivity contribution in [2.45, 2.75) is 20.6 Å². The summed E-state index contributed by atoms with van der Waals surface area (Å²) in [5, 5.41) is 9.47. The van der Waals surface area contributed by atoms with E-state index in [0.717, 1.165) is 21.3 Å². The molecule has 1 aromatic carbocycles. The molecule has 19 heavy (non-hydrogen) atoms. The van der Waals surface area contributed by atoms with E-state index in [0.29, 0.717) is 10.9 Å². The highest BCUT2D eigenvalue weighted by Crippen LogP contribution is 2.31. The van der Waals surface area contributed by atoms with Crippen LogP contribution in [0.5, 0.6) is 11.5 Å². The fraction of sp³-hybridized carbons (Fsp3) is 0.214. The fourth-order valence-electron chi connectivity index (χ4n) is 1.84. The van der Waals surface area contributed by atoms with Crippen molar-refractivity contribution in [2.75, 3.05) is 0 Å². The minimum Gasteiger partial charge on any atom is -0.456 e. The smallest absolute Gasteiger partial charge is 0.280 e. The van der Waals surface area contributed by atoms with Crippen LogP contribution in [0, 0.1) is 13.8 Å². The summed E-state index contributed by atoms with van der Waals surface area (Å²) in [5.74, 6) is 1.46. The molecule has 0 aliphatic rings. The molecule has 0 bridgehead atoms. The molecule has 0 saturated carbocycles. The van der Waals surface area contributed by atoms with Gasteiger partial charge >= 0.3 is 0 Å². The Bertz CT molecular complexity index is 593. The Hall–Kier alpha value is -1.10. The van der Waals surface area contributed by atoms with E-state index in [2.05, 4.69) is 15.9 Å². The van der Waals surface area contributed by atoms with Gasteiger partial charge in [-0.1, -0.05) is 15.9 Å². The SMILES string of the molecule is Cc1cc(Br)cc(C)c1Oc1cc[n+](CO)c(Cl)c1. The Labute approximate surface area is 125 Å². The molecule has 0 aliphatic heterocycles. The third kappa shape index (κ3) is 3.26. The van der Waals surface area contributed by atoms with Crippen LogP contribution < -0.4 is 9.30 Å². The molecular formula is C14H14BrClNO2+. The first-order valence-electron chi connectivity index (χ1n) is 5.75. The second kappa shape index (κ2) is 5.90. The van der Waals surface area contributed by atoms with Gasteiger partial charge in [-0.05, 0) is 48.7 Å².